The molecule has 0 aliphatic carbocycles. The number of fused-ring (bicyclic) bond motifs is 1. The van der Waals surface area contributed by atoms with Gasteiger partial charge in [-0.3, -0.25) is 0 Å². The standard InChI is InChI=1S/C12H12.3C2H6.CH4/c1-9-7-11-5-3-4-6-12(11)8-10(9)2;3*1-2;/h3-8H,1-2H3;3*1-2H3;1H4. The molecule has 0 radical (unpaired) electrons. The Hall–Kier alpha value is -1.30. The average molecular weight is 262 g/mol. The zero-order valence-electron chi connectivity index (χ0n) is 13.5. The van der Waals surface area contributed by atoms with E-state index in [0.29, 0.717) is 0 Å². The predicted molar refractivity (Wildman–Crippen MR) is 94.2 cm³/mol. The van der Waals surface area contributed by atoms with Crippen LogP contribution in [0, 0.1) is 13.8 Å². The lowest BCUT2D eigenvalue weighted by atomic mass is 10.0. The second-order valence-electron chi connectivity index (χ2n) is 3.28. The van der Waals surface area contributed by atoms with Gasteiger partial charge < -0.3 is 0 Å². The summed E-state index contributed by atoms with van der Waals surface area (Å²) >= 11 is 0. The number of benzene rings is 2. The fourth-order valence-corrected chi connectivity index (χ4v) is 1.47. The van der Waals surface area contributed by atoms with E-state index in [1.54, 1.807) is 0 Å². The predicted octanol–water partition coefficient (Wildman–Crippen LogP) is 7.17. The van der Waals surface area contributed by atoms with Gasteiger partial charge in [0.2, 0.25) is 0 Å². The van der Waals surface area contributed by atoms with Gasteiger partial charge in [0.15, 0.2) is 0 Å². The Morgan fingerprint density at radius 2 is 0.842 bits per heavy atom. The summed E-state index contributed by atoms with van der Waals surface area (Å²) in [5.74, 6) is 0. The minimum Gasteiger partial charge on any atom is -0.0776 e. The quantitative estimate of drug-likeness (QED) is 0.472. The third kappa shape index (κ3) is 7.66. The zero-order chi connectivity index (χ0) is 14.6. The highest BCUT2D eigenvalue weighted by molar-refractivity contribution is 5.83. The lowest BCUT2D eigenvalue weighted by Crippen LogP contribution is -1.80. The maximum atomic E-state index is 2.24. The summed E-state index contributed by atoms with van der Waals surface area (Å²) in [6, 6.07) is 13.0. The van der Waals surface area contributed by atoms with Gasteiger partial charge in [0.1, 0.15) is 0 Å². The molecule has 2 rings (SSSR count). The molecule has 0 saturated heterocycles. The Bertz CT molecular complexity index is 373. The molecule has 0 atom stereocenters. The van der Waals surface area contributed by atoms with Gasteiger partial charge in [-0.2, -0.15) is 0 Å². The third-order valence-electron chi connectivity index (χ3n) is 2.36. The Morgan fingerprint density at radius 1 is 0.579 bits per heavy atom. The van der Waals surface area contributed by atoms with E-state index in [2.05, 4.69) is 50.2 Å². The summed E-state index contributed by atoms with van der Waals surface area (Å²) in [5, 5.41) is 2.67. The normalized spacial score (nSPS) is 7.58. The van der Waals surface area contributed by atoms with Gasteiger partial charge >= 0.3 is 0 Å². The van der Waals surface area contributed by atoms with E-state index in [1.165, 1.54) is 21.9 Å². The first-order valence-electron chi connectivity index (χ1n) is 7.23. The van der Waals surface area contributed by atoms with Crippen molar-refractivity contribution >= 4 is 10.8 Å². The van der Waals surface area contributed by atoms with Crippen LogP contribution >= 0.6 is 0 Å². The first-order chi connectivity index (χ1) is 8.77. The minimum atomic E-state index is 0. The van der Waals surface area contributed by atoms with Gasteiger partial charge in [-0.25, -0.2) is 0 Å². The summed E-state index contributed by atoms with van der Waals surface area (Å²) in [6.07, 6.45) is 0. The van der Waals surface area contributed by atoms with Crippen molar-refractivity contribution in [3.63, 3.8) is 0 Å². The van der Waals surface area contributed by atoms with Crippen molar-refractivity contribution in [1.29, 1.82) is 0 Å². The van der Waals surface area contributed by atoms with Gasteiger partial charge in [-0.05, 0) is 35.7 Å². The van der Waals surface area contributed by atoms with Gasteiger partial charge in [0, 0.05) is 0 Å². The Balaban J connectivity index is -0.000000325. The molecule has 0 heteroatoms. The molecule has 2 aromatic rings. The van der Waals surface area contributed by atoms with Crippen LogP contribution in [0.1, 0.15) is 60.1 Å². The van der Waals surface area contributed by atoms with Crippen molar-refractivity contribution in [2.24, 2.45) is 0 Å². The molecule has 0 amide bonds. The Morgan fingerprint density at radius 3 is 1.11 bits per heavy atom. The third-order valence-corrected chi connectivity index (χ3v) is 2.36. The van der Waals surface area contributed by atoms with E-state index < -0.39 is 0 Å². The average Bonchev–Trinajstić information content (AvgIpc) is 2.47. The topological polar surface area (TPSA) is 0 Å². The second kappa shape index (κ2) is 14.8. The summed E-state index contributed by atoms with van der Waals surface area (Å²) in [7, 11) is 0. The molecule has 0 aliphatic rings. The van der Waals surface area contributed by atoms with E-state index in [9.17, 15) is 0 Å². The molecule has 0 heterocycles. The maximum Gasteiger partial charge on any atom is -0.0181 e. The number of hydrogen-bond acceptors (Lipinski definition) is 0. The summed E-state index contributed by atoms with van der Waals surface area (Å²) < 4.78 is 0. The summed E-state index contributed by atoms with van der Waals surface area (Å²) in [6.45, 7) is 16.3. The Kier molecular flexibility index (Phi) is 17.7. The fraction of sp³-hybridized carbons (Fsp3) is 0.474. The monoisotopic (exact) mass is 262 g/mol. The largest absolute Gasteiger partial charge is 0.0776 e. The van der Waals surface area contributed by atoms with Crippen molar-refractivity contribution in [2.45, 2.75) is 62.8 Å². The molecule has 0 bridgehead atoms. The van der Waals surface area contributed by atoms with E-state index in [-0.39, 0.29) is 7.43 Å². The van der Waals surface area contributed by atoms with Crippen LogP contribution in [-0.2, 0) is 0 Å². The van der Waals surface area contributed by atoms with E-state index in [1.807, 2.05) is 41.5 Å². The minimum absolute atomic E-state index is 0. The highest BCUT2D eigenvalue weighted by atomic mass is 14.0. The molecular weight excluding hydrogens is 228 g/mol. The zero-order valence-corrected chi connectivity index (χ0v) is 13.5. The lowest BCUT2D eigenvalue weighted by molar-refractivity contribution is 1.37. The molecule has 0 nitrogen and oxygen atoms in total. The number of aryl methyl sites for hydroxylation is 2. The number of rotatable bonds is 0. The van der Waals surface area contributed by atoms with Gasteiger partial charge in [-0.15, -0.1) is 0 Å². The maximum absolute atomic E-state index is 2.24. The smallest absolute Gasteiger partial charge is 0.0181 e. The molecule has 2 aromatic carbocycles. The molecule has 0 spiro atoms. The fourth-order valence-electron chi connectivity index (χ4n) is 1.47. The summed E-state index contributed by atoms with van der Waals surface area (Å²) in [5.41, 5.74) is 2.74. The summed E-state index contributed by atoms with van der Waals surface area (Å²) in [4.78, 5) is 0. The van der Waals surface area contributed by atoms with Crippen LogP contribution in [-0.4, -0.2) is 0 Å². The molecule has 0 aliphatic heterocycles. The highest BCUT2D eigenvalue weighted by Gasteiger charge is 1.95. The van der Waals surface area contributed by atoms with Crippen molar-refractivity contribution in [2.75, 3.05) is 0 Å². The van der Waals surface area contributed by atoms with Crippen LogP contribution in [0.15, 0.2) is 36.4 Å². The van der Waals surface area contributed by atoms with E-state index >= 15 is 0 Å². The molecule has 0 fully saturated rings. The Labute approximate surface area is 121 Å². The van der Waals surface area contributed by atoms with Crippen molar-refractivity contribution in [3.8, 4) is 0 Å². The second-order valence-corrected chi connectivity index (χ2v) is 3.28. The number of hydrogen-bond donors (Lipinski definition) is 0. The molecular formula is C19H34. The van der Waals surface area contributed by atoms with Crippen LogP contribution in [0.25, 0.3) is 10.8 Å². The van der Waals surface area contributed by atoms with Crippen molar-refractivity contribution in [3.05, 3.63) is 47.5 Å². The van der Waals surface area contributed by atoms with Crippen LogP contribution in [0.3, 0.4) is 0 Å². The van der Waals surface area contributed by atoms with Crippen molar-refractivity contribution in [1.82, 2.24) is 0 Å². The van der Waals surface area contributed by atoms with Crippen molar-refractivity contribution < 1.29 is 0 Å². The van der Waals surface area contributed by atoms with Gasteiger partial charge in [0.25, 0.3) is 0 Å². The lowest BCUT2D eigenvalue weighted by Gasteiger charge is -2.02. The van der Waals surface area contributed by atoms with Gasteiger partial charge in [0.05, 0.1) is 0 Å². The van der Waals surface area contributed by atoms with Crippen LogP contribution < -0.4 is 0 Å². The molecule has 0 N–H and O–H groups in total. The molecule has 110 valence electrons. The first kappa shape index (κ1) is 22.8. The SMILES string of the molecule is C.CC.CC.CC.Cc1cc2ccccc2cc1C. The highest BCUT2D eigenvalue weighted by Crippen LogP contribution is 2.18. The van der Waals surface area contributed by atoms with Crippen LogP contribution in [0.4, 0.5) is 0 Å². The molecule has 0 aromatic heterocycles. The van der Waals surface area contributed by atoms with E-state index in [4.69, 9.17) is 0 Å². The first-order valence-corrected chi connectivity index (χ1v) is 7.23. The molecule has 19 heavy (non-hydrogen) atoms. The van der Waals surface area contributed by atoms with Crippen LogP contribution in [0.2, 0.25) is 0 Å². The van der Waals surface area contributed by atoms with Gasteiger partial charge in [-0.1, -0.05) is 85.4 Å². The molecule has 0 unspecified atom stereocenters. The van der Waals surface area contributed by atoms with E-state index in [0.717, 1.165) is 0 Å². The van der Waals surface area contributed by atoms with Crippen LogP contribution in [0.5, 0.6) is 0 Å². The molecule has 0 saturated carbocycles.